The van der Waals surface area contributed by atoms with E-state index in [9.17, 15) is 5.11 Å². The number of fused-ring (bicyclic) bond motifs is 1. The van der Waals surface area contributed by atoms with Crippen molar-refractivity contribution in [1.29, 1.82) is 0 Å². The molecule has 7 nitrogen and oxygen atoms in total. The Bertz CT molecular complexity index is 593. The largest absolute Gasteiger partial charge is 0.481 e. The highest BCUT2D eigenvalue weighted by atomic mass is 16.5. The van der Waals surface area contributed by atoms with Gasteiger partial charge in [0, 0.05) is 51.4 Å². The Morgan fingerprint density at radius 3 is 2.52 bits per heavy atom. The minimum Gasteiger partial charge on any atom is -0.481 e. The van der Waals surface area contributed by atoms with Gasteiger partial charge in [-0.25, -0.2) is 9.97 Å². The maximum Gasteiger partial charge on any atom is 0.218 e. The second kappa shape index (κ2) is 7.05. The van der Waals surface area contributed by atoms with Gasteiger partial charge in [-0.05, 0) is 31.7 Å². The Labute approximate surface area is 149 Å². The lowest BCUT2D eigenvalue weighted by molar-refractivity contribution is -0.0249. The van der Waals surface area contributed by atoms with Crippen LogP contribution in [-0.2, 0) is 0 Å². The summed E-state index contributed by atoms with van der Waals surface area (Å²) >= 11 is 0. The SMILES string of the molecule is COc1cc(N2C[C@H]3C[C@@H](N4CCN(C)CC4)[C@H](O)C[C@H]3C2)ncn1. The van der Waals surface area contributed by atoms with Crippen molar-refractivity contribution in [3.8, 4) is 5.88 Å². The first-order valence-corrected chi connectivity index (χ1v) is 9.35. The minimum atomic E-state index is -0.204. The summed E-state index contributed by atoms with van der Waals surface area (Å²) in [7, 11) is 3.81. The van der Waals surface area contributed by atoms with E-state index in [-0.39, 0.29) is 6.10 Å². The molecule has 0 amide bonds. The lowest BCUT2D eigenvalue weighted by Gasteiger charge is -2.44. The molecule has 25 heavy (non-hydrogen) atoms. The van der Waals surface area contributed by atoms with Crippen molar-refractivity contribution >= 4 is 5.82 Å². The summed E-state index contributed by atoms with van der Waals surface area (Å²) in [6.07, 6.45) is 3.36. The lowest BCUT2D eigenvalue weighted by atomic mass is 9.77. The molecule has 0 spiro atoms. The molecule has 2 saturated heterocycles. The van der Waals surface area contributed by atoms with E-state index in [0.29, 0.717) is 23.8 Å². The van der Waals surface area contributed by atoms with E-state index in [0.717, 1.165) is 57.9 Å². The summed E-state index contributed by atoms with van der Waals surface area (Å²) in [4.78, 5) is 15.7. The van der Waals surface area contributed by atoms with Crippen LogP contribution >= 0.6 is 0 Å². The van der Waals surface area contributed by atoms with Crippen LogP contribution in [-0.4, -0.2) is 90.4 Å². The standard InChI is InChI=1S/C18H29N5O2/c1-21-3-5-22(6-4-21)15-7-13-10-23(11-14(13)8-16(15)24)17-9-18(25-2)20-12-19-17/h9,12-16,24H,3-8,10-11H2,1-2H3/t13-,14+,15-,16-/m1/s1. The van der Waals surface area contributed by atoms with E-state index in [1.807, 2.05) is 6.07 Å². The van der Waals surface area contributed by atoms with Crippen LogP contribution in [0.3, 0.4) is 0 Å². The van der Waals surface area contributed by atoms with Gasteiger partial charge in [-0.3, -0.25) is 4.90 Å². The first-order chi connectivity index (χ1) is 12.1. The molecule has 0 radical (unpaired) electrons. The highest BCUT2D eigenvalue weighted by Gasteiger charge is 2.44. The first kappa shape index (κ1) is 17.0. The van der Waals surface area contributed by atoms with Crippen LogP contribution in [0.25, 0.3) is 0 Å². The molecular weight excluding hydrogens is 318 g/mol. The van der Waals surface area contributed by atoms with Gasteiger partial charge < -0.3 is 19.6 Å². The summed E-state index contributed by atoms with van der Waals surface area (Å²) in [5.41, 5.74) is 0. The van der Waals surface area contributed by atoms with Gasteiger partial charge in [-0.15, -0.1) is 0 Å². The van der Waals surface area contributed by atoms with Gasteiger partial charge in [0.15, 0.2) is 0 Å². The molecule has 1 aliphatic carbocycles. The molecule has 0 unspecified atom stereocenters. The van der Waals surface area contributed by atoms with E-state index in [1.54, 1.807) is 13.4 Å². The first-order valence-electron chi connectivity index (χ1n) is 9.35. The molecule has 3 fully saturated rings. The maximum absolute atomic E-state index is 10.8. The van der Waals surface area contributed by atoms with Crippen molar-refractivity contribution in [3.05, 3.63) is 12.4 Å². The molecule has 0 bridgehead atoms. The Morgan fingerprint density at radius 2 is 1.80 bits per heavy atom. The smallest absolute Gasteiger partial charge is 0.218 e. The molecule has 1 aromatic rings. The highest BCUT2D eigenvalue weighted by molar-refractivity contribution is 5.42. The molecule has 1 N–H and O–H groups in total. The number of aliphatic hydroxyl groups is 1. The Kier molecular flexibility index (Phi) is 4.80. The average Bonchev–Trinajstić information content (AvgIpc) is 3.05. The Morgan fingerprint density at radius 1 is 1.08 bits per heavy atom. The van der Waals surface area contributed by atoms with Crippen LogP contribution in [0.4, 0.5) is 5.82 Å². The molecular formula is C18H29N5O2. The zero-order valence-corrected chi connectivity index (χ0v) is 15.2. The quantitative estimate of drug-likeness (QED) is 0.844. The third-order valence-electron chi connectivity index (χ3n) is 6.28. The number of piperazine rings is 1. The third-order valence-corrected chi connectivity index (χ3v) is 6.28. The van der Waals surface area contributed by atoms with Crippen molar-refractivity contribution in [3.63, 3.8) is 0 Å². The van der Waals surface area contributed by atoms with Gasteiger partial charge in [-0.1, -0.05) is 0 Å². The van der Waals surface area contributed by atoms with Crippen LogP contribution in [0.15, 0.2) is 12.4 Å². The number of rotatable bonds is 3. The van der Waals surface area contributed by atoms with Crippen molar-refractivity contribution in [1.82, 2.24) is 19.8 Å². The number of anilines is 1. The van der Waals surface area contributed by atoms with Gasteiger partial charge in [0.25, 0.3) is 0 Å². The van der Waals surface area contributed by atoms with E-state index < -0.39 is 0 Å². The zero-order chi connectivity index (χ0) is 17.4. The second-order valence-electron chi connectivity index (χ2n) is 7.79. The molecule has 2 aliphatic heterocycles. The molecule has 138 valence electrons. The van der Waals surface area contributed by atoms with Gasteiger partial charge in [0.05, 0.1) is 13.2 Å². The number of aromatic nitrogens is 2. The van der Waals surface area contributed by atoms with Crippen molar-refractivity contribution in [2.45, 2.75) is 25.0 Å². The van der Waals surface area contributed by atoms with Gasteiger partial charge in [0.1, 0.15) is 12.1 Å². The molecule has 3 heterocycles. The number of methoxy groups -OCH3 is 1. The summed E-state index contributed by atoms with van der Waals surface area (Å²) in [5, 5.41) is 10.8. The fourth-order valence-corrected chi connectivity index (χ4v) is 4.75. The summed E-state index contributed by atoms with van der Waals surface area (Å²) < 4.78 is 5.23. The summed E-state index contributed by atoms with van der Waals surface area (Å²) in [6, 6.07) is 2.22. The molecule has 3 aliphatic rings. The normalized spacial score (nSPS) is 34.1. The molecule has 1 aromatic heterocycles. The number of hydrogen-bond donors (Lipinski definition) is 1. The number of nitrogens with zero attached hydrogens (tertiary/aromatic N) is 5. The number of ether oxygens (including phenoxy) is 1. The van der Waals surface area contributed by atoms with E-state index >= 15 is 0 Å². The topological polar surface area (TPSA) is 65.0 Å². The summed E-state index contributed by atoms with van der Waals surface area (Å²) in [6.45, 7) is 6.33. The van der Waals surface area contributed by atoms with Crippen LogP contribution < -0.4 is 9.64 Å². The monoisotopic (exact) mass is 347 g/mol. The average molecular weight is 347 g/mol. The molecule has 7 heteroatoms. The minimum absolute atomic E-state index is 0.204. The van der Waals surface area contributed by atoms with Gasteiger partial charge >= 0.3 is 0 Å². The predicted molar refractivity (Wildman–Crippen MR) is 95.9 cm³/mol. The molecule has 0 aromatic carbocycles. The number of hydrogen-bond acceptors (Lipinski definition) is 7. The van der Waals surface area contributed by atoms with E-state index in [1.165, 1.54) is 0 Å². The Hall–Kier alpha value is -1.44. The van der Waals surface area contributed by atoms with Crippen LogP contribution in [0.2, 0.25) is 0 Å². The maximum atomic E-state index is 10.8. The van der Waals surface area contributed by atoms with Crippen LogP contribution in [0, 0.1) is 11.8 Å². The fourth-order valence-electron chi connectivity index (χ4n) is 4.75. The lowest BCUT2D eigenvalue weighted by Crippen LogP contribution is -2.55. The molecule has 4 atom stereocenters. The molecule has 4 rings (SSSR count). The second-order valence-corrected chi connectivity index (χ2v) is 7.79. The summed E-state index contributed by atoms with van der Waals surface area (Å²) in [5.74, 6) is 2.73. The van der Waals surface area contributed by atoms with Crippen LogP contribution in [0.1, 0.15) is 12.8 Å². The number of aliphatic hydroxyl groups excluding tert-OH is 1. The van der Waals surface area contributed by atoms with Crippen molar-refractivity contribution in [2.24, 2.45) is 11.8 Å². The van der Waals surface area contributed by atoms with E-state index in [4.69, 9.17) is 4.74 Å². The van der Waals surface area contributed by atoms with Gasteiger partial charge in [-0.2, -0.15) is 0 Å². The Balaban J connectivity index is 1.43. The van der Waals surface area contributed by atoms with Gasteiger partial charge in [0.2, 0.25) is 5.88 Å². The number of likely N-dealkylation sites (N-methyl/N-ethyl adjacent to an activating group) is 1. The van der Waals surface area contributed by atoms with Crippen molar-refractivity contribution in [2.75, 3.05) is 58.3 Å². The zero-order valence-electron chi connectivity index (χ0n) is 15.2. The molecule has 1 saturated carbocycles. The predicted octanol–water partition coefficient (Wildman–Crippen LogP) is 0.308. The highest BCUT2D eigenvalue weighted by Crippen LogP contribution is 2.39. The van der Waals surface area contributed by atoms with Crippen LogP contribution in [0.5, 0.6) is 5.88 Å². The third kappa shape index (κ3) is 3.45. The fraction of sp³-hybridized carbons (Fsp3) is 0.778. The van der Waals surface area contributed by atoms with Crippen molar-refractivity contribution < 1.29 is 9.84 Å². The van der Waals surface area contributed by atoms with E-state index in [2.05, 4.69) is 31.7 Å².